The van der Waals surface area contributed by atoms with Crippen LogP contribution in [0.2, 0.25) is 0 Å². The Balaban J connectivity index is 1.52. The van der Waals surface area contributed by atoms with Gasteiger partial charge in [0.1, 0.15) is 0 Å². The average Bonchev–Trinajstić information content (AvgIpc) is 3.00. The van der Waals surface area contributed by atoms with Crippen LogP contribution < -0.4 is 0 Å². The van der Waals surface area contributed by atoms with Crippen molar-refractivity contribution in [2.45, 2.75) is 0 Å². The lowest BCUT2D eigenvalue weighted by molar-refractivity contribution is 0.103. The molecule has 0 bridgehead atoms. The molecule has 6 rings (SSSR count). The minimum Gasteiger partial charge on any atom is -0.289 e. The van der Waals surface area contributed by atoms with Crippen molar-refractivity contribution in [2.24, 2.45) is 0 Å². The van der Waals surface area contributed by atoms with Gasteiger partial charge in [-0.15, -0.1) is 0 Å². The Bertz CT molecular complexity index is 1650. The summed E-state index contributed by atoms with van der Waals surface area (Å²) >= 11 is 0. The van der Waals surface area contributed by atoms with E-state index in [4.69, 9.17) is 0 Å². The van der Waals surface area contributed by atoms with E-state index in [9.17, 15) is 9.59 Å². The van der Waals surface area contributed by atoms with Crippen LogP contribution in [-0.4, -0.2) is 11.6 Å². The lowest BCUT2D eigenvalue weighted by Crippen LogP contribution is -2.04. The average molecular weight is 489 g/mol. The Morgan fingerprint density at radius 1 is 0.316 bits per heavy atom. The van der Waals surface area contributed by atoms with Gasteiger partial charge in [0.25, 0.3) is 0 Å². The summed E-state index contributed by atoms with van der Waals surface area (Å²) < 4.78 is 0. The van der Waals surface area contributed by atoms with Gasteiger partial charge < -0.3 is 0 Å². The third-order valence-electron chi connectivity index (χ3n) is 6.92. The fourth-order valence-electron chi connectivity index (χ4n) is 5.10. The van der Waals surface area contributed by atoms with Crippen LogP contribution in [-0.2, 0) is 0 Å². The standard InChI is InChI=1S/C36H24O2/c37-35(25-13-3-1-4-14-25)33-19-9-7-17-31(33)29-23-11-22-28-27(29)21-12-24-30(28)32-18-8-10-20-34(32)36(38)26-15-5-2-6-16-26/h1-24H. The van der Waals surface area contributed by atoms with Crippen LogP contribution in [0, 0.1) is 0 Å². The van der Waals surface area contributed by atoms with Gasteiger partial charge in [-0.2, -0.15) is 0 Å². The smallest absolute Gasteiger partial charge is 0.193 e. The van der Waals surface area contributed by atoms with Crippen molar-refractivity contribution in [1.82, 2.24) is 0 Å². The molecule has 0 aliphatic heterocycles. The van der Waals surface area contributed by atoms with Crippen molar-refractivity contribution in [1.29, 1.82) is 0 Å². The van der Waals surface area contributed by atoms with E-state index < -0.39 is 0 Å². The first-order chi connectivity index (χ1) is 18.7. The van der Waals surface area contributed by atoms with Crippen LogP contribution in [0.5, 0.6) is 0 Å². The van der Waals surface area contributed by atoms with Gasteiger partial charge in [0, 0.05) is 22.3 Å². The highest BCUT2D eigenvalue weighted by molar-refractivity contribution is 6.17. The Morgan fingerprint density at radius 3 is 1.08 bits per heavy atom. The van der Waals surface area contributed by atoms with Gasteiger partial charge in [-0.1, -0.05) is 146 Å². The second-order valence-corrected chi connectivity index (χ2v) is 9.19. The molecule has 0 heterocycles. The highest BCUT2D eigenvalue weighted by atomic mass is 16.1. The van der Waals surface area contributed by atoms with Crippen molar-refractivity contribution in [3.05, 3.63) is 168 Å². The number of carbonyl (C=O) groups excluding carboxylic acids is 2. The molecule has 38 heavy (non-hydrogen) atoms. The molecule has 0 fully saturated rings. The van der Waals surface area contributed by atoms with Crippen molar-refractivity contribution < 1.29 is 9.59 Å². The normalized spacial score (nSPS) is 10.8. The first-order valence-corrected chi connectivity index (χ1v) is 12.6. The lowest BCUT2D eigenvalue weighted by atomic mass is 9.87. The lowest BCUT2D eigenvalue weighted by Gasteiger charge is -2.15. The van der Waals surface area contributed by atoms with E-state index in [-0.39, 0.29) is 11.6 Å². The topological polar surface area (TPSA) is 34.1 Å². The molecule has 0 aliphatic carbocycles. The molecule has 180 valence electrons. The number of rotatable bonds is 6. The van der Waals surface area contributed by atoms with Crippen LogP contribution in [0.25, 0.3) is 33.0 Å². The molecule has 0 atom stereocenters. The largest absolute Gasteiger partial charge is 0.289 e. The number of hydrogen-bond acceptors (Lipinski definition) is 2. The quantitative estimate of drug-likeness (QED) is 0.220. The number of carbonyl (C=O) groups is 2. The van der Waals surface area contributed by atoms with E-state index in [1.807, 2.05) is 121 Å². The third kappa shape index (κ3) is 4.23. The summed E-state index contributed by atoms with van der Waals surface area (Å²) in [6.45, 7) is 0. The molecular weight excluding hydrogens is 464 g/mol. The Kier molecular flexibility index (Phi) is 6.21. The maximum Gasteiger partial charge on any atom is 0.193 e. The monoisotopic (exact) mass is 488 g/mol. The van der Waals surface area contributed by atoms with E-state index in [1.54, 1.807) is 0 Å². The van der Waals surface area contributed by atoms with Crippen LogP contribution in [0.3, 0.4) is 0 Å². The Morgan fingerprint density at radius 2 is 0.658 bits per heavy atom. The number of fused-ring (bicyclic) bond motifs is 1. The molecule has 0 amide bonds. The predicted octanol–water partition coefficient (Wildman–Crippen LogP) is 8.64. The fourth-order valence-corrected chi connectivity index (χ4v) is 5.10. The van der Waals surface area contributed by atoms with Crippen molar-refractivity contribution >= 4 is 22.3 Å². The summed E-state index contributed by atoms with van der Waals surface area (Å²) in [7, 11) is 0. The fraction of sp³-hybridized carbons (Fsp3) is 0. The molecule has 0 saturated carbocycles. The summed E-state index contributed by atoms with van der Waals surface area (Å²) in [5.74, 6) is -0.0127. The van der Waals surface area contributed by atoms with Crippen molar-refractivity contribution in [3.63, 3.8) is 0 Å². The highest BCUT2D eigenvalue weighted by Crippen LogP contribution is 2.38. The van der Waals surface area contributed by atoms with E-state index in [0.717, 1.165) is 33.0 Å². The molecule has 0 aliphatic rings. The van der Waals surface area contributed by atoms with Crippen LogP contribution in [0.1, 0.15) is 31.8 Å². The molecule has 2 nitrogen and oxygen atoms in total. The predicted molar refractivity (Wildman–Crippen MR) is 155 cm³/mol. The van der Waals surface area contributed by atoms with E-state index in [2.05, 4.69) is 24.3 Å². The van der Waals surface area contributed by atoms with E-state index in [1.165, 1.54) is 0 Å². The van der Waals surface area contributed by atoms with Gasteiger partial charge in [0.2, 0.25) is 0 Å². The molecule has 0 N–H and O–H groups in total. The van der Waals surface area contributed by atoms with Gasteiger partial charge in [-0.3, -0.25) is 9.59 Å². The molecule has 0 aromatic heterocycles. The van der Waals surface area contributed by atoms with Gasteiger partial charge in [-0.05, 0) is 33.0 Å². The molecule has 0 spiro atoms. The number of hydrogen-bond donors (Lipinski definition) is 0. The highest BCUT2D eigenvalue weighted by Gasteiger charge is 2.19. The molecule has 0 radical (unpaired) electrons. The minimum absolute atomic E-state index is 0.00633. The maximum atomic E-state index is 13.5. The molecule has 2 heteroatoms. The van der Waals surface area contributed by atoms with E-state index in [0.29, 0.717) is 22.3 Å². The zero-order chi connectivity index (χ0) is 25.9. The second-order valence-electron chi connectivity index (χ2n) is 9.19. The van der Waals surface area contributed by atoms with Gasteiger partial charge >= 0.3 is 0 Å². The summed E-state index contributed by atoms with van der Waals surface area (Å²) in [5.41, 5.74) is 6.39. The number of benzene rings is 6. The van der Waals surface area contributed by atoms with Crippen LogP contribution in [0.4, 0.5) is 0 Å². The molecule has 0 saturated heterocycles. The first kappa shape index (κ1) is 23.3. The Labute approximate surface area is 221 Å². The third-order valence-corrected chi connectivity index (χ3v) is 6.92. The summed E-state index contributed by atoms with van der Waals surface area (Å²) in [6.07, 6.45) is 0. The number of ketones is 2. The van der Waals surface area contributed by atoms with Gasteiger partial charge in [0.15, 0.2) is 11.6 Å². The minimum atomic E-state index is -0.00633. The van der Waals surface area contributed by atoms with Crippen molar-refractivity contribution in [2.75, 3.05) is 0 Å². The molecular formula is C36H24O2. The van der Waals surface area contributed by atoms with E-state index >= 15 is 0 Å². The van der Waals surface area contributed by atoms with Gasteiger partial charge in [-0.25, -0.2) is 0 Å². The summed E-state index contributed by atoms with van der Waals surface area (Å²) in [5, 5.41) is 2.06. The van der Waals surface area contributed by atoms with Crippen LogP contribution >= 0.6 is 0 Å². The molecule has 6 aromatic rings. The van der Waals surface area contributed by atoms with Crippen molar-refractivity contribution in [3.8, 4) is 22.3 Å². The Hall–Kier alpha value is -5.08. The summed E-state index contributed by atoms with van der Waals surface area (Å²) in [6, 6.07) is 46.6. The van der Waals surface area contributed by atoms with Gasteiger partial charge in [0.05, 0.1) is 0 Å². The van der Waals surface area contributed by atoms with Crippen LogP contribution in [0.15, 0.2) is 146 Å². The molecule has 0 unspecified atom stereocenters. The second kappa shape index (κ2) is 10.1. The SMILES string of the molecule is O=C(c1ccccc1)c1ccccc1-c1cccc2c(-c3ccccc3C(=O)c3ccccc3)cccc12. The maximum absolute atomic E-state index is 13.5. The first-order valence-electron chi connectivity index (χ1n) is 12.6. The zero-order valence-corrected chi connectivity index (χ0v) is 20.7. The summed E-state index contributed by atoms with van der Waals surface area (Å²) in [4.78, 5) is 27.0. The molecule has 6 aromatic carbocycles. The zero-order valence-electron chi connectivity index (χ0n) is 20.7.